The SMILES string of the molecule is Cc1[nH]c(C)c(C(=O)NCc2ccccc2)c(=O)c1Cl. The summed E-state index contributed by atoms with van der Waals surface area (Å²) in [6.07, 6.45) is 0. The molecule has 0 saturated carbocycles. The third-order valence-electron chi connectivity index (χ3n) is 3.03. The highest BCUT2D eigenvalue weighted by Crippen LogP contribution is 2.11. The van der Waals surface area contributed by atoms with Crippen molar-refractivity contribution in [2.24, 2.45) is 0 Å². The second-order valence-electron chi connectivity index (χ2n) is 4.56. The molecule has 0 unspecified atom stereocenters. The predicted octanol–water partition coefficient (Wildman–Crippen LogP) is 2.58. The Kier molecular flexibility index (Phi) is 4.25. The third kappa shape index (κ3) is 2.91. The lowest BCUT2D eigenvalue weighted by atomic mass is 10.1. The molecular formula is C15H15ClN2O2. The van der Waals surface area contributed by atoms with Gasteiger partial charge < -0.3 is 10.3 Å². The number of aromatic nitrogens is 1. The van der Waals surface area contributed by atoms with Crippen molar-refractivity contribution < 1.29 is 4.79 Å². The molecule has 0 aliphatic heterocycles. The number of carbonyl (C=O) groups excluding carboxylic acids is 1. The van der Waals surface area contributed by atoms with E-state index in [1.54, 1.807) is 13.8 Å². The minimum atomic E-state index is -0.439. The van der Waals surface area contributed by atoms with Gasteiger partial charge in [-0.15, -0.1) is 0 Å². The maximum Gasteiger partial charge on any atom is 0.257 e. The van der Waals surface area contributed by atoms with Crippen LogP contribution in [0.5, 0.6) is 0 Å². The lowest BCUT2D eigenvalue weighted by Crippen LogP contribution is -2.30. The van der Waals surface area contributed by atoms with E-state index < -0.39 is 11.3 Å². The Morgan fingerprint density at radius 3 is 2.50 bits per heavy atom. The van der Waals surface area contributed by atoms with Crippen molar-refractivity contribution in [1.82, 2.24) is 10.3 Å². The third-order valence-corrected chi connectivity index (χ3v) is 3.48. The molecule has 0 fully saturated rings. The molecule has 2 aromatic rings. The fourth-order valence-electron chi connectivity index (χ4n) is 1.99. The molecule has 104 valence electrons. The van der Waals surface area contributed by atoms with Crippen molar-refractivity contribution in [3.63, 3.8) is 0 Å². The summed E-state index contributed by atoms with van der Waals surface area (Å²) in [5, 5.41) is 2.78. The molecule has 0 aliphatic rings. The number of carbonyl (C=O) groups is 1. The molecule has 1 aromatic carbocycles. The quantitative estimate of drug-likeness (QED) is 0.912. The zero-order chi connectivity index (χ0) is 14.7. The Hall–Kier alpha value is -2.07. The van der Waals surface area contributed by atoms with Crippen LogP contribution in [-0.4, -0.2) is 10.9 Å². The Bertz CT molecular complexity index is 693. The Labute approximate surface area is 121 Å². The standard InChI is InChI=1S/C15H15ClN2O2/c1-9-12(14(19)13(16)10(2)18-9)15(20)17-8-11-6-4-3-5-7-11/h3-7H,8H2,1-2H3,(H,17,20)(H,18,19). The average molecular weight is 291 g/mol. The van der Waals surface area contributed by atoms with Crippen molar-refractivity contribution in [3.8, 4) is 0 Å². The summed E-state index contributed by atoms with van der Waals surface area (Å²) in [7, 11) is 0. The van der Waals surface area contributed by atoms with Gasteiger partial charge in [-0.1, -0.05) is 41.9 Å². The van der Waals surface area contributed by atoms with Gasteiger partial charge in [0.25, 0.3) is 5.91 Å². The zero-order valence-electron chi connectivity index (χ0n) is 11.3. The first kappa shape index (κ1) is 14.3. The van der Waals surface area contributed by atoms with Gasteiger partial charge in [-0.3, -0.25) is 9.59 Å². The highest BCUT2D eigenvalue weighted by molar-refractivity contribution is 6.31. The van der Waals surface area contributed by atoms with Gasteiger partial charge in [0.2, 0.25) is 5.43 Å². The van der Waals surface area contributed by atoms with Crippen LogP contribution >= 0.6 is 11.6 Å². The van der Waals surface area contributed by atoms with Crippen LogP contribution in [0.1, 0.15) is 27.3 Å². The monoisotopic (exact) mass is 290 g/mol. The average Bonchev–Trinajstić information content (AvgIpc) is 2.44. The molecule has 1 amide bonds. The van der Waals surface area contributed by atoms with Crippen LogP contribution in [0.4, 0.5) is 0 Å². The Morgan fingerprint density at radius 2 is 1.85 bits per heavy atom. The number of nitrogens with one attached hydrogen (secondary N) is 2. The summed E-state index contributed by atoms with van der Waals surface area (Å²) in [6.45, 7) is 3.74. The van der Waals surface area contributed by atoms with E-state index in [1.165, 1.54) is 0 Å². The van der Waals surface area contributed by atoms with E-state index in [-0.39, 0.29) is 10.6 Å². The van der Waals surface area contributed by atoms with Crippen LogP contribution < -0.4 is 10.7 Å². The first-order valence-electron chi connectivity index (χ1n) is 6.22. The number of halogens is 1. The minimum absolute atomic E-state index is 0.0560. The van der Waals surface area contributed by atoms with Gasteiger partial charge >= 0.3 is 0 Å². The van der Waals surface area contributed by atoms with Gasteiger partial charge in [-0.25, -0.2) is 0 Å². The molecule has 0 spiro atoms. The predicted molar refractivity (Wildman–Crippen MR) is 79.2 cm³/mol. The van der Waals surface area contributed by atoms with Gasteiger partial charge in [0.1, 0.15) is 10.6 Å². The lowest BCUT2D eigenvalue weighted by molar-refractivity contribution is 0.0949. The molecule has 2 N–H and O–H groups in total. The number of H-pyrrole nitrogens is 1. The largest absolute Gasteiger partial charge is 0.361 e. The molecule has 0 radical (unpaired) electrons. The summed E-state index contributed by atoms with van der Waals surface area (Å²) >= 11 is 5.89. The maximum atomic E-state index is 12.1. The number of amides is 1. The fraction of sp³-hybridized carbons (Fsp3) is 0.200. The number of aromatic amines is 1. The smallest absolute Gasteiger partial charge is 0.257 e. The molecule has 0 bridgehead atoms. The van der Waals surface area contributed by atoms with Crippen molar-refractivity contribution in [2.75, 3.05) is 0 Å². The molecule has 0 aliphatic carbocycles. The number of hydrogen-bond donors (Lipinski definition) is 2. The van der Waals surface area contributed by atoms with E-state index in [0.29, 0.717) is 17.9 Å². The molecule has 20 heavy (non-hydrogen) atoms. The number of pyridine rings is 1. The van der Waals surface area contributed by atoms with Crippen LogP contribution in [0, 0.1) is 13.8 Å². The second kappa shape index (κ2) is 5.92. The summed E-state index contributed by atoms with van der Waals surface area (Å²) in [4.78, 5) is 27.1. The van der Waals surface area contributed by atoms with E-state index in [4.69, 9.17) is 11.6 Å². The van der Waals surface area contributed by atoms with Crippen molar-refractivity contribution >= 4 is 17.5 Å². The Balaban J connectivity index is 2.22. The van der Waals surface area contributed by atoms with Crippen molar-refractivity contribution in [2.45, 2.75) is 20.4 Å². The van der Waals surface area contributed by atoms with E-state index in [9.17, 15) is 9.59 Å². The first-order chi connectivity index (χ1) is 9.50. The fourth-order valence-corrected chi connectivity index (χ4v) is 2.13. The molecule has 1 aromatic heterocycles. The second-order valence-corrected chi connectivity index (χ2v) is 4.94. The molecule has 4 nitrogen and oxygen atoms in total. The molecule has 5 heteroatoms. The lowest BCUT2D eigenvalue weighted by Gasteiger charge is -2.09. The van der Waals surface area contributed by atoms with Gasteiger partial charge in [-0.05, 0) is 19.4 Å². The number of aryl methyl sites for hydroxylation is 2. The normalized spacial score (nSPS) is 10.3. The summed E-state index contributed by atoms with van der Waals surface area (Å²) in [5.41, 5.74) is 1.67. The van der Waals surface area contributed by atoms with Gasteiger partial charge in [0, 0.05) is 17.9 Å². The number of rotatable bonds is 3. The van der Waals surface area contributed by atoms with E-state index in [1.807, 2.05) is 30.3 Å². The zero-order valence-corrected chi connectivity index (χ0v) is 12.0. The van der Waals surface area contributed by atoms with Gasteiger partial charge in [0.15, 0.2) is 0 Å². The summed E-state index contributed by atoms with van der Waals surface area (Å²) in [6, 6.07) is 9.49. The minimum Gasteiger partial charge on any atom is -0.361 e. The molecule has 1 heterocycles. The van der Waals surface area contributed by atoms with Crippen molar-refractivity contribution in [1.29, 1.82) is 0 Å². The maximum absolute atomic E-state index is 12.1. The van der Waals surface area contributed by atoms with Crippen LogP contribution in [0.15, 0.2) is 35.1 Å². The van der Waals surface area contributed by atoms with Crippen LogP contribution in [0.25, 0.3) is 0 Å². The molecular weight excluding hydrogens is 276 g/mol. The van der Waals surface area contributed by atoms with Crippen LogP contribution in [-0.2, 0) is 6.54 Å². The van der Waals surface area contributed by atoms with E-state index in [0.717, 1.165) is 5.56 Å². The molecule has 0 saturated heterocycles. The summed E-state index contributed by atoms with van der Waals surface area (Å²) in [5.74, 6) is -0.422. The number of benzene rings is 1. The Morgan fingerprint density at radius 1 is 1.20 bits per heavy atom. The van der Waals surface area contributed by atoms with Crippen LogP contribution in [0.2, 0.25) is 5.02 Å². The first-order valence-corrected chi connectivity index (χ1v) is 6.59. The van der Waals surface area contributed by atoms with E-state index >= 15 is 0 Å². The van der Waals surface area contributed by atoms with Gasteiger partial charge in [0.05, 0.1) is 0 Å². The number of hydrogen-bond acceptors (Lipinski definition) is 2. The highest BCUT2D eigenvalue weighted by atomic mass is 35.5. The van der Waals surface area contributed by atoms with Crippen molar-refractivity contribution in [3.05, 3.63) is 68.1 Å². The molecule has 2 rings (SSSR count). The topological polar surface area (TPSA) is 62.0 Å². The molecule has 0 atom stereocenters. The summed E-state index contributed by atoms with van der Waals surface area (Å²) < 4.78 is 0. The van der Waals surface area contributed by atoms with Crippen LogP contribution in [0.3, 0.4) is 0 Å². The highest BCUT2D eigenvalue weighted by Gasteiger charge is 2.17. The van der Waals surface area contributed by atoms with Gasteiger partial charge in [-0.2, -0.15) is 0 Å². The van der Waals surface area contributed by atoms with E-state index in [2.05, 4.69) is 10.3 Å².